The van der Waals surface area contributed by atoms with Crippen LogP contribution < -0.4 is 14.8 Å². The molecule has 0 aliphatic heterocycles. The highest BCUT2D eigenvalue weighted by Crippen LogP contribution is 2.31. The molecule has 0 aliphatic carbocycles. The molecule has 1 atom stereocenters. The van der Waals surface area contributed by atoms with Crippen LogP contribution in [0.4, 0.5) is 0 Å². The Morgan fingerprint density at radius 2 is 2.05 bits per heavy atom. The second-order valence-electron chi connectivity index (χ2n) is 4.67. The molecule has 0 saturated heterocycles. The highest BCUT2D eigenvalue weighted by Gasteiger charge is 2.24. The van der Waals surface area contributed by atoms with Crippen LogP contribution in [0.25, 0.3) is 0 Å². The van der Waals surface area contributed by atoms with E-state index in [1.54, 1.807) is 20.4 Å². The topological polar surface area (TPSA) is 69.4 Å². The van der Waals surface area contributed by atoms with Crippen molar-refractivity contribution >= 4 is 0 Å². The van der Waals surface area contributed by atoms with Crippen molar-refractivity contribution in [3.05, 3.63) is 35.0 Å². The van der Waals surface area contributed by atoms with Crippen LogP contribution in [0, 0.1) is 13.8 Å². The van der Waals surface area contributed by atoms with E-state index < -0.39 is 0 Å². The number of ether oxygens (including phenoxy) is 2. The van der Waals surface area contributed by atoms with Crippen molar-refractivity contribution in [2.75, 3.05) is 20.8 Å². The van der Waals surface area contributed by atoms with Crippen molar-refractivity contribution in [2.45, 2.75) is 26.8 Å². The summed E-state index contributed by atoms with van der Waals surface area (Å²) in [6.45, 7) is 6.69. The SMILES string of the molecule is CCNC(c1cc(C)oc1C)c1ncc(OC)nc1OC. The molecule has 0 radical (unpaired) electrons. The van der Waals surface area contributed by atoms with Crippen molar-refractivity contribution in [3.63, 3.8) is 0 Å². The normalized spacial score (nSPS) is 12.2. The number of rotatable bonds is 6. The standard InChI is InChI=1S/C15H21N3O3/c1-6-16-13(11-7-9(2)21-10(11)3)14-15(20-5)18-12(19-4)8-17-14/h7-8,13,16H,6H2,1-5H3. The van der Waals surface area contributed by atoms with Crippen molar-refractivity contribution in [1.29, 1.82) is 0 Å². The van der Waals surface area contributed by atoms with E-state index in [4.69, 9.17) is 13.9 Å². The summed E-state index contributed by atoms with van der Waals surface area (Å²) < 4.78 is 16.1. The molecule has 1 N–H and O–H groups in total. The van der Waals surface area contributed by atoms with Crippen molar-refractivity contribution in [2.24, 2.45) is 0 Å². The number of methoxy groups -OCH3 is 2. The Bertz CT molecular complexity index is 610. The number of hydrogen-bond donors (Lipinski definition) is 1. The number of furan rings is 1. The smallest absolute Gasteiger partial charge is 0.240 e. The first kappa shape index (κ1) is 15.3. The van der Waals surface area contributed by atoms with Gasteiger partial charge in [-0.25, -0.2) is 4.98 Å². The highest BCUT2D eigenvalue weighted by atomic mass is 16.5. The molecule has 2 rings (SSSR count). The molecule has 0 aliphatic rings. The lowest BCUT2D eigenvalue weighted by atomic mass is 10.0. The average Bonchev–Trinajstić information content (AvgIpc) is 2.82. The summed E-state index contributed by atoms with van der Waals surface area (Å²) in [7, 11) is 3.12. The van der Waals surface area contributed by atoms with Gasteiger partial charge in [0.1, 0.15) is 17.2 Å². The summed E-state index contributed by atoms with van der Waals surface area (Å²) >= 11 is 0. The second kappa shape index (κ2) is 6.58. The van der Waals surface area contributed by atoms with Crippen LogP contribution >= 0.6 is 0 Å². The third-order valence-electron chi connectivity index (χ3n) is 3.22. The minimum absolute atomic E-state index is 0.138. The van der Waals surface area contributed by atoms with Gasteiger partial charge in [-0.3, -0.25) is 0 Å². The molecule has 114 valence electrons. The van der Waals surface area contributed by atoms with E-state index in [2.05, 4.69) is 15.3 Å². The Morgan fingerprint density at radius 1 is 1.29 bits per heavy atom. The zero-order chi connectivity index (χ0) is 15.4. The van der Waals surface area contributed by atoms with E-state index in [-0.39, 0.29) is 6.04 Å². The molecular weight excluding hydrogens is 270 g/mol. The summed E-state index contributed by atoms with van der Waals surface area (Å²) in [6.07, 6.45) is 1.59. The van der Waals surface area contributed by atoms with Crippen molar-refractivity contribution in [3.8, 4) is 11.8 Å². The molecule has 0 aromatic carbocycles. The molecule has 2 aromatic heterocycles. The van der Waals surface area contributed by atoms with Gasteiger partial charge in [0.25, 0.3) is 0 Å². The maximum absolute atomic E-state index is 5.63. The van der Waals surface area contributed by atoms with Gasteiger partial charge in [0.15, 0.2) is 0 Å². The largest absolute Gasteiger partial charge is 0.480 e. The van der Waals surface area contributed by atoms with E-state index >= 15 is 0 Å². The number of hydrogen-bond acceptors (Lipinski definition) is 6. The summed E-state index contributed by atoms with van der Waals surface area (Å²) in [4.78, 5) is 8.75. The van der Waals surface area contributed by atoms with Crippen LogP contribution in [0.2, 0.25) is 0 Å². The van der Waals surface area contributed by atoms with Gasteiger partial charge >= 0.3 is 0 Å². The monoisotopic (exact) mass is 291 g/mol. The lowest BCUT2D eigenvalue weighted by Crippen LogP contribution is -2.24. The van der Waals surface area contributed by atoms with Crippen LogP contribution in [-0.2, 0) is 0 Å². The molecule has 6 nitrogen and oxygen atoms in total. The average molecular weight is 291 g/mol. The second-order valence-corrected chi connectivity index (χ2v) is 4.67. The maximum Gasteiger partial charge on any atom is 0.240 e. The van der Waals surface area contributed by atoms with Crippen molar-refractivity contribution in [1.82, 2.24) is 15.3 Å². The van der Waals surface area contributed by atoms with Gasteiger partial charge in [0, 0.05) is 5.56 Å². The van der Waals surface area contributed by atoms with Crippen molar-refractivity contribution < 1.29 is 13.9 Å². The Labute approximate surface area is 124 Å². The first-order chi connectivity index (χ1) is 10.1. The fraction of sp³-hybridized carbons (Fsp3) is 0.467. The van der Waals surface area contributed by atoms with Gasteiger partial charge in [-0.2, -0.15) is 4.98 Å². The third kappa shape index (κ3) is 3.16. The summed E-state index contributed by atoms with van der Waals surface area (Å²) in [5.74, 6) is 2.59. The van der Waals surface area contributed by atoms with Crippen LogP contribution in [-0.4, -0.2) is 30.7 Å². The molecule has 0 fully saturated rings. The lowest BCUT2D eigenvalue weighted by molar-refractivity contribution is 0.352. The van der Waals surface area contributed by atoms with Gasteiger partial charge < -0.3 is 19.2 Å². The Balaban J connectivity index is 2.50. The van der Waals surface area contributed by atoms with Crippen LogP contribution in [0.3, 0.4) is 0 Å². The Morgan fingerprint density at radius 3 is 2.57 bits per heavy atom. The zero-order valence-electron chi connectivity index (χ0n) is 13.1. The molecule has 0 saturated carbocycles. The first-order valence-electron chi connectivity index (χ1n) is 6.85. The van der Waals surface area contributed by atoms with E-state index in [9.17, 15) is 0 Å². The van der Waals surface area contributed by atoms with Crippen LogP contribution in [0.5, 0.6) is 11.8 Å². The molecule has 0 bridgehead atoms. The van der Waals surface area contributed by atoms with E-state index in [1.807, 2.05) is 26.8 Å². The molecule has 0 spiro atoms. The minimum atomic E-state index is -0.138. The number of aryl methyl sites for hydroxylation is 2. The minimum Gasteiger partial charge on any atom is -0.480 e. The quantitative estimate of drug-likeness (QED) is 0.881. The fourth-order valence-corrected chi connectivity index (χ4v) is 2.31. The van der Waals surface area contributed by atoms with E-state index in [0.717, 1.165) is 23.6 Å². The first-order valence-corrected chi connectivity index (χ1v) is 6.85. The maximum atomic E-state index is 5.63. The van der Waals surface area contributed by atoms with Gasteiger partial charge in [0.05, 0.1) is 26.5 Å². The summed E-state index contributed by atoms with van der Waals surface area (Å²) in [6, 6.07) is 1.87. The lowest BCUT2D eigenvalue weighted by Gasteiger charge is -2.19. The molecular formula is C15H21N3O3. The molecule has 1 unspecified atom stereocenters. The van der Waals surface area contributed by atoms with Crippen LogP contribution in [0.1, 0.15) is 35.7 Å². The predicted octanol–water partition coefficient (Wildman–Crippen LogP) is 2.40. The highest BCUT2D eigenvalue weighted by molar-refractivity contribution is 5.36. The van der Waals surface area contributed by atoms with Gasteiger partial charge in [-0.15, -0.1) is 0 Å². The molecule has 2 aromatic rings. The predicted molar refractivity (Wildman–Crippen MR) is 78.8 cm³/mol. The van der Waals surface area contributed by atoms with Crippen LogP contribution in [0.15, 0.2) is 16.7 Å². The molecule has 0 amide bonds. The van der Waals surface area contributed by atoms with Gasteiger partial charge in [0.2, 0.25) is 11.8 Å². The van der Waals surface area contributed by atoms with E-state index in [0.29, 0.717) is 17.5 Å². The Kier molecular flexibility index (Phi) is 4.80. The number of nitrogens with zero attached hydrogens (tertiary/aromatic N) is 2. The third-order valence-corrected chi connectivity index (χ3v) is 3.22. The van der Waals surface area contributed by atoms with E-state index in [1.165, 1.54) is 0 Å². The number of nitrogens with one attached hydrogen (secondary N) is 1. The molecule has 21 heavy (non-hydrogen) atoms. The van der Waals surface area contributed by atoms with Gasteiger partial charge in [-0.1, -0.05) is 6.92 Å². The fourth-order valence-electron chi connectivity index (χ4n) is 2.31. The zero-order valence-corrected chi connectivity index (χ0v) is 13.1. The molecule has 6 heteroatoms. The number of aromatic nitrogens is 2. The summed E-state index contributed by atoms with van der Waals surface area (Å²) in [5.41, 5.74) is 1.75. The van der Waals surface area contributed by atoms with Gasteiger partial charge in [-0.05, 0) is 26.5 Å². The molecule has 2 heterocycles. The summed E-state index contributed by atoms with van der Waals surface area (Å²) in [5, 5.41) is 3.40. The Hall–Kier alpha value is -2.08.